The van der Waals surface area contributed by atoms with E-state index in [9.17, 15) is 8.42 Å². The minimum absolute atomic E-state index is 0. The summed E-state index contributed by atoms with van der Waals surface area (Å²) in [4.78, 5) is 0. The summed E-state index contributed by atoms with van der Waals surface area (Å²) in [7, 11) is -3.03. The van der Waals surface area contributed by atoms with Crippen LogP contribution in [0.25, 0.3) is 0 Å². The standard InChI is InChI=1S/C10H20N2O2S.ClH/c1-2-5-15(13,14)12-10-6-8-3-4-9(7-10)11-8;/h8-12H,2-7H2,1H3;1H. The summed E-state index contributed by atoms with van der Waals surface area (Å²) in [6.07, 6.45) is 5.01. The van der Waals surface area contributed by atoms with Crippen molar-refractivity contribution in [2.45, 2.75) is 57.2 Å². The summed E-state index contributed by atoms with van der Waals surface area (Å²) in [5.41, 5.74) is 0. The molecule has 0 spiro atoms. The van der Waals surface area contributed by atoms with Crippen LogP contribution < -0.4 is 10.0 Å². The molecule has 0 saturated carbocycles. The highest BCUT2D eigenvalue weighted by atomic mass is 35.5. The molecule has 2 atom stereocenters. The van der Waals surface area contributed by atoms with E-state index >= 15 is 0 Å². The van der Waals surface area contributed by atoms with Crippen LogP contribution in [0.3, 0.4) is 0 Å². The van der Waals surface area contributed by atoms with Gasteiger partial charge in [0.2, 0.25) is 10.0 Å². The molecule has 6 heteroatoms. The number of nitrogens with one attached hydrogen (secondary N) is 2. The van der Waals surface area contributed by atoms with E-state index in [0.717, 1.165) is 12.8 Å². The number of sulfonamides is 1. The van der Waals surface area contributed by atoms with Crippen LogP contribution >= 0.6 is 12.4 Å². The molecular weight excluding hydrogens is 248 g/mol. The van der Waals surface area contributed by atoms with Crippen LogP contribution in [-0.2, 0) is 10.0 Å². The van der Waals surface area contributed by atoms with Gasteiger partial charge in [-0.1, -0.05) is 6.92 Å². The molecule has 2 fully saturated rings. The molecular formula is C10H21ClN2O2S. The Kier molecular flexibility index (Phi) is 5.04. The molecule has 2 N–H and O–H groups in total. The van der Waals surface area contributed by atoms with Gasteiger partial charge in [-0.05, 0) is 32.1 Å². The first-order valence-electron chi connectivity index (χ1n) is 5.85. The summed E-state index contributed by atoms with van der Waals surface area (Å²) < 4.78 is 26.0. The Labute approximate surface area is 104 Å². The fourth-order valence-electron chi connectivity index (χ4n) is 2.74. The van der Waals surface area contributed by atoms with Crippen molar-refractivity contribution in [2.75, 3.05) is 5.75 Å². The Morgan fingerprint density at radius 1 is 1.25 bits per heavy atom. The maximum absolute atomic E-state index is 11.6. The molecule has 0 aromatic carbocycles. The predicted molar refractivity (Wildman–Crippen MR) is 67.4 cm³/mol. The minimum atomic E-state index is -3.03. The number of rotatable bonds is 4. The molecule has 2 aliphatic heterocycles. The molecule has 4 nitrogen and oxygen atoms in total. The zero-order valence-corrected chi connectivity index (χ0v) is 11.2. The molecule has 0 radical (unpaired) electrons. The van der Waals surface area contributed by atoms with E-state index in [4.69, 9.17) is 0 Å². The third-order valence-corrected chi connectivity index (χ3v) is 4.93. The first-order chi connectivity index (χ1) is 7.09. The Morgan fingerprint density at radius 3 is 2.31 bits per heavy atom. The maximum Gasteiger partial charge on any atom is 0.211 e. The molecule has 0 amide bonds. The van der Waals surface area contributed by atoms with Crippen molar-refractivity contribution < 1.29 is 8.42 Å². The SMILES string of the molecule is CCCS(=O)(=O)NC1CC2CCC(C1)N2.Cl. The van der Waals surface area contributed by atoms with Gasteiger partial charge in [0.25, 0.3) is 0 Å². The van der Waals surface area contributed by atoms with E-state index in [-0.39, 0.29) is 24.2 Å². The van der Waals surface area contributed by atoms with Gasteiger partial charge in [0.1, 0.15) is 0 Å². The van der Waals surface area contributed by atoms with Gasteiger partial charge in [-0.3, -0.25) is 0 Å². The van der Waals surface area contributed by atoms with Gasteiger partial charge in [0, 0.05) is 18.1 Å². The van der Waals surface area contributed by atoms with E-state index in [1.165, 1.54) is 12.8 Å². The highest BCUT2D eigenvalue weighted by Gasteiger charge is 2.34. The summed E-state index contributed by atoms with van der Waals surface area (Å²) in [5, 5.41) is 3.50. The van der Waals surface area contributed by atoms with Gasteiger partial charge in [-0.15, -0.1) is 12.4 Å². The van der Waals surface area contributed by atoms with Gasteiger partial charge >= 0.3 is 0 Å². The van der Waals surface area contributed by atoms with Crippen molar-refractivity contribution in [3.05, 3.63) is 0 Å². The number of hydrogen-bond donors (Lipinski definition) is 2. The number of fused-ring (bicyclic) bond motifs is 2. The molecule has 2 aliphatic rings. The third kappa shape index (κ3) is 3.58. The van der Waals surface area contributed by atoms with Crippen molar-refractivity contribution in [3.8, 4) is 0 Å². The van der Waals surface area contributed by atoms with Crippen LogP contribution in [-0.4, -0.2) is 32.3 Å². The van der Waals surface area contributed by atoms with E-state index in [0.29, 0.717) is 18.5 Å². The number of hydrogen-bond acceptors (Lipinski definition) is 3. The van der Waals surface area contributed by atoms with Crippen molar-refractivity contribution in [1.82, 2.24) is 10.0 Å². The van der Waals surface area contributed by atoms with E-state index in [1.54, 1.807) is 0 Å². The molecule has 0 aromatic rings. The quantitative estimate of drug-likeness (QED) is 0.800. The van der Waals surface area contributed by atoms with E-state index in [2.05, 4.69) is 10.0 Å². The summed E-state index contributed by atoms with van der Waals surface area (Å²) in [6, 6.07) is 1.25. The Hall–Kier alpha value is 0.160. The molecule has 2 heterocycles. The minimum Gasteiger partial charge on any atom is -0.311 e. The molecule has 96 valence electrons. The average Bonchev–Trinajstić information content (AvgIpc) is 2.44. The number of piperidine rings is 1. The lowest BCUT2D eigenvalue weighted by molar-refractivity contribution is 0.345. The Morgan fingerprint density at radius 2 is 1.81 bits per heavy atom. The van der Waals surface area contributed by atoms with Crippen LogP contribution in [0.15, 0.2) is 0 Å². The monoisotopic (exact) mass is 268 g/mol. The fraction of sp³-hybridized carbons (Fsp3) is 1.00. The predicted octanol–water partition coefficient (Wildman–Crippen LogP) is 1.02. The van der Waals surface area contributed by atoms with E-state index in [1.807, 2.05) is 6.92 Å². The van der Waals surface area contributed by atoms with Crippen molar-refractivity contribution in [2.24, 2.45) is 0 Å². The van der Waals surface area contributed by atoms with Crippen LogP contribution in [0, 0.1) is 0 Å². The second-order valence-electron chi connectivity index (χ2n) is 4.74. The van der Waals surface area contributed by atoms with Crippen molar-refractivity contribution >= 4 is 22.4 Å². The lowest BCUT2D eigenvalue weighted by Gasteiger charge is -2.29. The molecule has 2 bridgehead atoms. The number of halogens is 1. The Bertz CT molecular complexity index is 309. The van der Waals surface area contributed by atoms with Crippen molar-refractivity contribution in [3.63, 3.8) is 0 Å². The van der Waals surface area contributed by atoms with Gasteiger partial charge in [0.15, 0.2) is 0 Å². The summed E-state index contributed by atoms with van der Waals surface area (Å²) in [6.45, 7) is 1.89. The Balaban J connectivity index is 0.00000128. The first kappa shape index (κ1) is 14.2. The topological polar surface area (TPSA) is 58.2 Å². The molecule has 2 saturated heterocycles. The lowest BCUT2D eigenvalue weighted by Crippen LogP contribution is -2.48. The van der Waals surface area contributed by atoms with Gasteiger partial charge < -0.3 is 5.32 Å². The maximum atomic E-state index is 11.6. The zero-order chi connectivity index (χ0) is 10.9. The second kappa shape index (κ2) is 5.67. The highest BCUT2D eigenvalue weighted by molar-refractivity contribution is 7.89. The van der Waals surface area contributed by atoms with Gasteiger partial charge in [0.05, 0.1) is 5.75 Å². The summed E-state index contributed by atoms with van der Waals surface area (Å²) >= 11 is 0. The van der Waals surface area contributed by atoms with Crippen molar-refractivity contribution in [1.29, 1.82) is 0 Å². The van der Waals surface area contributed by atoms with Crippen LogP contribution in [0.2, 0.25) is 0 Å². The molecule has 2 rings (SSSR count). The second-order valence-corrected chi connectivity index (χ2v) is 6.62. The lowest BCUT2D eigenvalue weighted by atomic mass is 10.0. The highest BCUT2D eigenvalue weighted by Crippen LogP contribution is 2.27. The third-order valence-electron chi connectivity index (χ3n) is 3.29. The zero-order valence-electron chi connectivity index (χ0n) is 9.61. The summed E-state index contributed by atoms with van der Waals surface area (Å²) in [5.74, 6) is 0.256. The molecule has 16 heavy (non-hydrogen) atoms. The van der Waals surface area contributed by atoms with Crippen LogP contribution in [0.1, 0.15) is 39.0 Å². The molecule has 0 aromatic heterocycles. The largest absolute Gasteiger partial charge is 0.311 e. The normalized spacial score (nSPS) is 33.4. The first-order valence-corrected chi connectivity index (χ1v) is 7.50. The smallest absolute Gasteiger partial charge is 0.211 e. The van der Waals surface area contributed by atoms with Gasteiger partial charge in [-0.2, -0.15) is 0 Å². The fourth-order valence-corrected chi connectivity index (χ4v) is 4.09. The van der Waals surface area contributed by atoms with Gasteiger partial charge in [-0.25, -0.2) is 13.1 Å². The average molecular weight is 269 g/mol. The van der Waals surface area contributed by atoms with Crippen LogP contribution in [0.4, 0.5) is 0 Å². The van der Waals surface area contributed by atoms with E-state index < -0.39 is 10.0 Å². The molecule has 0 aliphatic carbocycles. The molecule has 2 unspecified atom stereocenters. The van der Waals surface area contributed by atoms with Crippen LogP contribution in [0.5, 0.6) is 0 Å².